The third kappa shape index (κ3) is 3.58. The van der Waals surface area contributed by atoms with Gasteiger partial charge in [-0.2, -0.15) is 0 Å². The van der Waals surface area contributed by atoms with E-state index in [1.807, 2.05) is 18.9 Å². The Hall–Kier alpha value is -1.85. The van der Waals surface area contributed by atoms with E-state index < -0.39 is 0 Å². The maximum Gasteiger partial charge on any atom is 0.236 e. The van der Waals surface area contributed by atoms with Crippen molar-refractivity contribution in [1.29, 1.82) is 0 Å². The summed E-state index contributed by atoms with van der Waals surface area (Å²) in [4.78, 5) is 21.4. The van der Waals surface area contributed by atoms with Crippen molar-refractivity contribution in [2.24, 2.45) is 5.73 Å². The lowest BCUT2D eigenvalue weighted by atomic mass is 10.2. The van der Waals surface area contributed by atoms with Gasteiger partial charge in [0.1, 0.15) is 18.0 Å². The number of nitrogens with one attached hydrogen (secondary N) is 1. The van der Waals surface area contributed by atoms with Crippen LogP contribution in [0.4, 0.5) is 11.6 Å². The van der Waals surface area contributed by atoms with E-state index in [0.717, 1.165) is 36.6 Å². The average molecular weight is 251 g/mol. The van der Waals surface area contributed by atoms with E-state index in [-0.39, 0.29) is 12.5 Å². The lowest BCUT2D eigenvalue weighted by Gasteiger charge is -2.24. The second kappa shape index (κ2) is 6.78. The quantitative estimate of drug-likeness (QED) is 0.752. The van der Waals surface area contributed by atoms with Crippen molar-refractivity contribution < 1.29 is 4.79 Å². The van der Waals surface area contributed by atoms with Gasteiger partial charge in [-0.1, -0.05) is 13.3 Å². The molecule has 3 N–H and O–H groups in total. The van der Waals surface area contributed by atoms with Gasteiger partial charge >= 0.3 is 0 Å². The van der Waals surface area contributed by atoms with Crippen LogP contribution in [-0.2, 0) is 4.79 Å². The highest BCUT2D eigenvalue weighted by atomic mass is 16.1. The molecule has 6 nitrogen and oxygen atoms in total. The van der Waals surface area contributed by atoms with Crippen LogP contribution in [-0.4, -0.2) is 36.0 Å². The first-order chi connectivity index (χ1) is 8.60. The molecule has 0 bridgehead atoms. The van der Waals surface area contributed by atoms with Crippen molar-refractivity contribution in [2.75, 3.05) is 30.4 Å². The second-order valence-corrected chi connectivity index (χ2v) is 4.16. The van der Waals surface area contributed by atoms with Gasteiger partial charge in [0.2, 0.25) is 5.91 Å². The average Bonchev–Trinajstić information content (AvgIpc) is 2.34. The third-order valence-electron chi connectivity index (χ3n) is 2.72. The highest BCUT2D eigenvalue weighted by Crippen LogP contribution is 2.21. The number of amides is 1. The summed E-state index contributed by atoms with van der Waals surface area (Å²) in [6.07, 6.45) is 3.54. The van der Waals surface area contributed by atoms with Crippen LogP contribution in [0.5, 0.6) is 0 Å². The number of hydrogen-bond donors (Lipinski definition) is 2. The zero-order valence-corrected chi connectivity index (χ0v) is 11.2. The summed E-state index contributed by atoms with van der Waals surface area (Å²) in [5.74, 6) is 1.18. The summed E-state index contributed by atoms with van der Waals surface area (Å²) in [5.41, 5.74) is 6.21. The number of unbranched alkanes of at least 4 members (excludes halogenated alkanes) is 1. The van der Waals surface area contributed by atoms with Crippen molar-refractivity contribution >= 4 is 17.5 Å². The Morgan fingerprint density at radius 2 is 2.22 bits per heavy atom. The van der Waals surface area contributed by atoms with Crippen molar-refractivity contribution in [2.45, 2.75) is 26.7 Å². The van der Waals surface area contributed by atoms with Crippen LogP contribution >= 0.6 is 0 Å². The van der Waals surface area contributed by atoms with Gasteiger partial charge in [0.05, 0.1) is 6.54 Å². The van der Waals surface area contributed by atoms with Crippen LogP contribution in [0.15, 0.2) is 6.33 Å². The Labute approximate surface area is 108 Å². The number of anilines is 2. The van der Waals surface area contributed by atoms with Crippen LogP contribution in [0.25, 0.3) is 0 Å². The van der Waals surface area contributed by atoms with E-state index in [1.54, 1.807) is 0 Å². The van der Waals surface area contributed by atoms with Crippen LogP contribution in [0, 0.1) is 6.92 Å². The molecule has 0 aliphatic rings. The number of aromatic nitrogens is 2. The molecule has 0 unspecified atom stereocenters. The van der Waals surface area contributed by atoms with Gasteiger partial charge < -0.3 is 16.0 Å². The largest absolute Gasteiger partial charge is 0.373 e. The molecule has 1 rings (SSSR count). The molecule has 0 spiro atoms. The van der Waals surface area contributed by atoms with E-state index in [1.165, 1.54) is 6.33 Å². The van der Waals surface area contributed by atoms with Crippen LogP contribution in [0.1, 0.15) is 25.3 Å². The SMILES string of the molecule is CCCCN(CC(N)=O)c1ncnc(NC)c1C. The Balaban J connectivity index is 2.99. The first-order valence-corrected chi connectivity index (χ1v) is 6.12. The zero-order valence-electron chi connectivity index (χ0n) is 11.2. The van der Waals surface area contributed by atoms with Gasteiger partial charge in [-0.3, -0.25) is 4.79 Å². The predicted molar refractivity (Wildman–Crippen MR) is 72.6 cm³/mol. The molecule has 6 heteroatoms. The number of rotatable bonds is 7. The van der Waals surface area contributed by atoms with Crippen molar-refractivity contribution in [1.82, 2.24) is 9.97 Å². The number of primary amides is 1. The maximum atomic E-state index is 11.1. The first kappa shape index (κ1) is 14.2. The molecule has 0 saturated carbocycles. The Bertz CT molecular complexity index is 407. The monoisotopic (exact) mass is 251 g/mol. The maximum absolute atomic E-state index is 11.1. The van der Waals surface area contributed by atoms with Gasteiger partial charge in [0, 0.05) is 19.2 Å². The number of hydrogen-bond acceptors (Lipinski definition) is 5. The smallest absolute Gasteiger partial charge is 0.236 e. The fourth-order valence-corrected chi connectivity index (χ4v) is 1.81. The number of nitrogens with two attached hydrogens (primary N) is 1. The molecular formula is C12H21N5O. The minimum absolute atomic E-state index is 0.182. The molecule has 100 valence electrons. The summed E-state index contributed by atoms with van der Waals surface area (Å²) in [5, 5.41) is 3.01. The first-order valence-electron chi connectivity index (χ1n) is 6.12. The van der Waals surface area contributed by atoms with E-state index in [2.05, 4.69) is 22.2 Å². The molecule has 0 aliphatic carbocycles. The molecule has 0 saturated heterocycles. The highest BCUT2D eigenvalue weighted by molar-refractivity contribution is 5.79. The summed E-state index contributed by atoms with van der Waals surface area (Å²) >= 11 is 0. The predicted octanol–water partition coefficient (Wildman–Crippen LogP) is 0.919. The molecule has 0 aliphatic heterocycles. The minimum Gasteiger partial charge on any atom is -0.373 e. The summed E-state index contributed by atoms with van der Waals surface area (Å²) in [6, 6.07) is 0. The van der Waals surface area contributed by atoms with E-state index in [9.17, 15) is 4.79 Å². The minimum atomic E-state index is -0.352. The van der Waals surface area contributed by atoms with Crippen molar-refractivity contribution in [3.05, 3.63) is 11.9 Å². The molecule has 1 aromatic rings. The summed E-state index contributed by atoms with van der Waals surface area (Å²) in [7, 11) is 1.81. The van der Waals surface area contributed by atoms with Crippen LogP contribution < -0.4 is 16.0 Å². The fourth-order valence-electron chi connectivity index (χ4n) is 1.81. The standard InChI is InChI=1S/C12H21N5O/c1-4-5-6-17(7-10(13)18)12-9(2)11(14-3)15-8-16-12/h8H,4-7H2,1-3H3,(H2,13,18)(H,14,15,16). The van der Waals surface area contributed by atoms with E-state index >= 15 is 0 Å². The lowest BCUT2D eigenvalue weighted by Crippen LogP contribution is -2.35. The number of carbonyl (C=O) groups excluding carboxylic acids is 1. The lowest BCUT2D eigenvalue weighted by molar-refractivity contribution is -0.116. The van der Waals surface area contributed by atoms with Gasteiger partial charge in [-0.25, -0.2) is 9.97 Å². The Kier molecular flexibility index (Phi) is 5.35. The summed E-state index contributed by atoms with van der Waals surface area (Å²) in [6.45, 7) is 4.98. The van der Waals surface area contributed by atoms with Gasteiger partial charge in [0.15, 0.2) is 0 Å². The molecule has 1 amide bonds. The zero-order chi connectivity index (χ0) is 13.5. The van der Waals surface area contributed by atoms with E-state index in [0.29, 0.717) is 0 Å². The van der Waals surface area contributed by atoms with E-state index in [4.69, 9.17) is 5.73 Å². The molecule has 1 aromatic heterocycles. The Morgan fingerprint density at radius 3 is 2.78 bits per heavy atom. The van der Waals surface area contributed by atoms with Crippen molar-refractivity contribution in [3.8, 4) is 0 Å². The second-order valence-electron chi connectivity index (χ2n) is 4.16. The molecule has 1 heterocycles. The Morgan fingerprint density at radius 1 is 1.50 bits per heavy atom. The molecule has 0 aromatic carbocycles. The van der Waals surface area contributed by atoms with Gasteiger partial charge in [-0.15, -0.1) is 0 Å². The van der Waals surface area contributed by atoms with Crippen molar-refractivity contribution in [3.63, 3.8) is 0 Å². The molecule has 18 heavy (non-hydrogen) atoms. The highest BCUT2D eigenvalue weighted by Gasteiger charge is 2.15. The molecular weight excluding hydrogens is 230 g/mol. The number of nitrogens with zero attached hydrogens (tertiary/aromatic N) is 3. The van der Waals surface area contributed by atoms with Crippen LogP contribution in [0.3, 0.4) is 0 Å². The molecule has 0 atom stereocenters. The topological polar surface area (TPSA) is 84.1 Å². The van der Waals surface area contributed by atoms with Crippen LogP contribution in [0.2, 0.25) is 0 Å². The fraction of sp³-hybridized carbons (Fsp3) is 0.583. The third-order valence-corrected chi connectivity index (χ3v) is 2.72. The normalized spacial score (nSPS) is 10.2. The van der Waals surface area contributed by atoms with Gasteiger partial charge in [-0.05, 0) is 13.3 Å². The molecule has 0 fully saturated rings. The number of carbonyl (C=O) groups is 1. The molecule has 0 radical (unpaired) electrons. The van der Waals surface area contributed by atoms with Gasteiger partial charge in [0.25, 0.3) is 0 Å². The summed E-state index contributed by atoms with van der Waals surface area (Å²) < 4.78 is 0.